The molecular weight excluding hydrogens is 380 g/mol. The zero-order chi connectivity index (χ0) is 22.2. The van der Waals surface area contributed by atoms with Crippen LogP contribution in [0.25, 0.3) is 0 Å². The Labute approximate surface area is 181 Å². The van der Waals surface area contributed by atoms with E-state index in [-0.39, 0.29) is 11.1 Å². The van der Waals surface area contributed by atoms with Gasteiger partial charge in [0.25, 0.3) is 11.8 Å². The average molecular weight is 421 g/mol. The van der Waals surface area contributed by atoms with Crippen LogP contribution in [0.4, 0.5) is 0 Å². The zero-order valence-corrected chi connectivity index (χ0v) is 18.8. The standard InChI is InChI=1S/C24H40N2O4/c1-3-5-7-9-11-13-17-25-23(29)19-15-16-20(22(28)21(19)27)24(30)26-18-14-12-10-8-6-4-2/h15-16,27-28H,3-14,17-18H2,1-2H3,(H,25,29)(H,26,30). The maximum absolute atomic E-state index is 12.3. The number of phenolic OH excluding ortho intramolecular Hbond substituents is 2. The quantitative estimate of drug-likeness (QED) is 0.216. The second-order valence-electron chi connectivity index (χ2n) is 7.91. The van der Waals surface area contributed by atoms with Gasteiger partial charge >= 0.3 is 0 Å². The maximum atomic E-state index is 12.3. The molecule has 6 nitrogen and oxygen atoms in total. The number of rotatable bonds is 16. The van der Waals surface area contributed by atoms with Crippen LogP contribution in [0.3, 0.4) is 0 Å². The molecule has 0 saturated heterocycles. The van der Waals surface area contributed by atoms with Gasteiger partial charge in [-0.15, -0.1) is 0 Å². The molecule has 1 aromatic carbocycles. The Balaban J connectivity index is 2.44. The fourth-order valence-electron chi connectivity index (χ4n) is 3.35. The van der Waals surface area contributed by atoms with Gasteiger partial charge in [-0.05, 0) is 25.0 Å². The SMILES string of the molecule is CCCCCCCCNC(=O)c1ccc(C(=O)NCCCCCCCC)c(O)c1O. The first-order valence-electron chi connectivity index (χ1n) is 11.6. The first-order chi connectivity index (χ1) is 14.5. The molecule has 4 N–H and O–H groups in total. The predicted octanol–water partition coefficient (Wildman–Crippen LogP) is 5.28. The fourth-order valence-corrected chi connectivity index (χ4v) is 3.35. The number of unbranched alkanes of at least 4 members (excludes halogenated alkanes) is 10. The molecule has 0 fully saturated rings. The Bertz CT molecular complexity index is 591. The van der Waals surface area contributed by atoms with Gasteiger partial charge < -0.3 is 20.8 Å². The highest BCUT2D eigenvalue weighted by atomic mass is 16.3. The molecule has 0 aliphatic carbocycles. The van der Waals surface area contributed by atoms with E-state index in [0.29, 0.717) is 13.1 Å². The highest BCUT2D eigenvalue weighted by molar-refractivity contribution is 6.02. The van der Waals surface area contributed by atoms with Crippen LogP contribution in [0.15, 0.2) is 12.1 Å². The molecule has 0 heterocycles. The molecule has 0 aliphatic heterocycles. The van der Waals surface area contributed by atoms with E-state index in [1.165, 1.54) is 50.7 Å². The third-order valence-corrected chi connectivity index (χ3v) is 5.27. The van der Waals surface area contributed by atoms with E-state index in [4.69, 9.17) is 0 Å². The monoisotopic (exact) mass is 420 g/mol. The Kier molecular flexibility index (Phi) is 13.4. The van der Waals surface area contributed by atoms with E-state index >= 15 is 0 Å². The van der Waals surface area contributed by atoms with Gasteiger partial charge in [-0.25, -0.2) is 0 Å². The van der Waals surface area contributed by atoms with Crippen LogP contribution in [-0.2, 0) is 0 Å². The fraction of sp³-hybridized carbons (Fsp3) is 0.667. The lowest BCUT2D eigenvalue weighted by atomic mass is 10.1. The molecule has 0 aliphatic rings. The number of carbonyl (C=O) groups is 2. The molecule has 0 atom stereocenters. The molecule has 1 aromatic rings. The summed E-state index contributed by atoms with van der Waals surface area (Å²) in [6, 6.07) is 2.76. The molecular formula is C24H40N2O4. The summed E-state index contributed by atoms with van der Waals surface area (Å²) in [6.45, 7) is 5.39. The number of nitrogens with one attached hydrogen (secondary N) is 2. The summed E-state index contributed by atoms with van der Waals surface area (Å²) in [5.41, 5.74) is -0.0445. The van der Waals surface area contributed by atoms with Crippen molar-refractivity contribution in [3.63, 3.8) is 0 Å². The summed E-state index contributed by atoms with van der Waals surface area (Å²) < 4.78 is 0. The summed E-state index contributed by atoms with van der Waals surface area (Å²) >= 11 is 0. The highest BCUT2D eigenvalue weighted by Gasteiger charge is 2.20. The van der Waals surface area contributed by atoms with Crippen molar-refractivity contribution >= 4 is 11.8 Å². The van der Waals surface area contributed by atoms with Gasteiger partial charge in [0.15, 0.2) is 11.5 Å². The number of carbonyl (C=O) groups excluding carboxylic acids is 2. The van der Waals surface area contributed by atoms with Crippen molar-refractivity contribution in [2.45, 2.75) is 90.9 Å². The van der Waals surface area contributed by atoms with E-state index in [1.807, 2.05) is 0 Å². The summed E-state index contributed by atoms with van der Waals surface area (Å²) in [4.78, 5) is 24.5. The molecule has 0 unspecified atom stereocenters. The molecule has 170 valence electrons. The Morgan fingerprint density at radius 3 is 1.33 bits per heavy atom. The number of hydrogen-bond donors (Lipinski definition) is 4. The summed E-state index contributed by atoms with van der Waals surface area (Å²) in [6.07, 6.45) is 13.4. The minimum atomic E-state index is -0.553. The van der Waals surface area contributed by atoms with Crippen LogP contribution in [0, 0.1) is 0 Å². The number of amides is 2. The van der Waals surface area contributed by atoms with Crippen LogP contribution < -0.4 is 10.6 Å². The average Bonchev–Trinajstić information content (AvgIpc) is 2.74. The van der Waals surface area contributed by atoms with Gasteiger partial charge in [0.1, 0.15) is 0 Å². The van der Waals surface area contributed by atoms with Crippen LogP contribution in [0.5, 0.6) is 11.5 Å². The smallest absolute Gasteiger partial charge is 0.255 e. The maximum Gasteiger partial charge on any atom is 0.255 e. The van der Waals surface area contributed by atoms with Crippen molar-refractivity contribution in [1.82, 2.24) is 10.6 Å². The molecule has 0 radical (unpaired) electrons. The summed E-state index contributed by atoms with van der Waals surface area (Å²) in [5, 5.41) is 25.9. The molecule has 1 rings (SSSR count). The van der Waals surface area contributed by atoms with Crippen LogP contribution >= 0.6 is 0 Å². The molecule has 2 amide bonds. The minimum absolute atomic E-state index is 0.0223. The van der Waals surface area contributed by atoms with Gasteiger partial charge in [-0.3, -0.25) is 9.59 Å². The van der Waals surface area contributed by atoms with E-state index in [9.17, 15) is 19.8 Å². The second kappa shape index (κ2) is 15.6. The number of phenols is 2. The number of benzene rings is 1. The molecule has 0 bridgehead atoms. The van der Waals surface area contributed by atoms with Gasteiger partial charge in [-0.2, -0.15) is 0 Å². The first-order valence-corrected chi connectivity index (χ1v) is 11.6. The molecule has 0 spiro atoms. The molecule has 30 heavy (non-hydrogen) atoms. The lowest BCUT2D eigenvalue weighted by molar-refractivity contribution is 0.0935. The lowest BCUT2D eigenvalue weighted by Crippen LogP contribution is -2.26. The zero-order valence-electron chi connectivity index (χ0n) is 18.8. The van der Waals surface area contributed by atoms with Crippen LogP contribution in [0.2, 0.25) is 0 Å². The van der Waals surface area contributed by atoms with Gasteiger partial charge in [0, 0.05) is 13.1 Å². The Morgan fingerprint density at radius 2 is 0.967 bits per heavy atom. The third-order valence-electron chi connectivity index (χ3n) is 5.27. The molecule has 0 saturated carbocycles. The molecule has 6 heteroatoms. The van der Waals surface area contributed by atoms with Crippen LogP contribution in [-0.4, -0.2) is 35.1 Å². The first kappa shape index (κ1) is 25.8. The van der Waals surface area contributed by atoms with Gasteiger partial charge in [-0.1, -0.05) is 78.1 Å². The van der Waals surface area contributed by atoms with Crippen molar-refractivity contribution < 1.29 is 19.8 Å². The van der Waals surface area contributed by atoms with Crippen molar-refractivity contribution in [2.75, 3.05) is 13.1 Å². The largest absolute Gasteiger partial charge is 0.504 e. The second-order valence-corrected chi connectivity index (χ2v) is 7.91. The number of aromatic hydroxyl groups is 2. The highest BCUT2D eigenvalue weighted by Crippen LogP contribution is 2.32. The van der Waals surface area contributed by atoms with E-state index in [0.717, 1.165) is 38.5 Å². The van der Waals surface area contributed by atoms with Crippen molar-refractivity contribution in [3.8, 4) is 11.5 Å². The van der Waals surface area contributed by atoms with Crippen LogP contribution in [0.1, 0.15) is 112 Å². The van der Waals surface area contributed by atoms with Crippen molar-refractivity contribution in [3.05, 3.63) is 23.3 Å². The molecule has 0 aromatic heterocycles. The van der Waals surface area contributed by atoms with E-state index < -0.39 is 23.3 Å². The Morgan fingerprint density at radius 1 is 0.633 bits per heavy atom. The predicted molar refractivity (Wildman–Crippen MR) is 121 cm³/mol. The topological polar surface area (TPSA) is 98.7 Å². The number of hydrogen-bond acceptors (Lipinski definition) is 4. The summed E-state index contributed by atoms with van der Waals surface area (Å²) in [7, 11) is 0. The van der Waals surface area contributed by atoms with E-state index in [1.54, 1.807) is 0 Å². The van der Waals surface area contributed by atoms with E-state index in [2.05, 4.69) is 24.5 Å². The Hall–Kier alpha value is -2.24. The van der Waals surface area contributed by atoms with Crippen molar-refractivity contribution in [1.29, 1.82) is 0 Å². The lowest BCUT2D eigenvalue weighted by Gasteiger charge is -2.11. The summed E-state index contributed by atoms with van der Waals surface area (Å²) in [5.74, 6) is -2.00. The normalized spacial score (nSPS) is 10.7. The minimum Gasteiger partial charge on any atom is -0.504 e. The van der Waals surface area contributed by atoms with Gasteiger partial charge in [0.05, 0.1) is 11.1 Å². The van der Waals surface area contributed by atoms with Crippen molar-refractivity contribution in [2.24, 2.45) is 0 Å². The third kappa shape index (κ3) is 9.51. The van der Waals surface area contributed by atoms with Gasteiger partial charge in [0.2, 0.25) is 0 Å².